The van der Waals surface area contributed by atoms with E-state index in [9.17, 15) is 4.79 Å². The van der Waals surface area contributed by atoms with Crippen molar-refractivity contribution in [1.82, 2.24) is 4.98 Å². The first-order valence-corrected chi connectivity index (χ1v) is 7.86. The molecule has 1 aliphatic carbocycles. The third kappa shape index (κ3) is 3.85. The highest BCUT2D eigenvalue weighted by atomic mass is 16.1. The molecule has 4 heteroatoms. The Morgan fingerprint density at radius 3 is 2.59 bits per heavy atom. The third-order valence-electron chi connectivity index (χ3n) is 4.07. The molecule has 3 rings (SSSR count). The zero-order valence-electron chi connectivity index (χ0n) is 12.6. The highest BCUT2D eigenvalue weighted by Crippen LogP contribution is 2.27. The van der Waals surface area contributed by atoms with Crippen LogP contribution in [0.3, 0.4) is 0 Å². The number of nitrogens with one attached hydrogen (secondary N) is 2. The maximum atomic E-state index is 11.9. The maximum absolute atomic E-state index is 11.9. The molecule has 0 saturated heterocycles. The van der Waals surface area contributed by atoms with Crippen molar-refractivity contribution in [1.29, 1.82) is 0 Å². The SMILES string of the molecule is O=C(Nc1ccc(NCCc2ccccc2)nc1)C1CCC1. The number of benzene rings is 1. The largest absolute Gasteiger partial charge is 0.370 e. The van der Waals surface area contributed by atoms with Crippen molar-refractivity contribution in [2.75, 3.05) is 17.2 Å². The fourth-order valence-corrected chi connectivity index (χ4v) is 2.47. The summed E-state index contributed by atoms with van der Waals surface area (Å²) < 4.78 is 0. The molecule has 1 saturated carbocycles. The monoisotopic (exact) mass is 295 g/mol. The van der Waals surface area contributed by atoms with E-state index in [2.05, 4.69) is 27.8 Å². The summed E-state index contributed by atoms with van der Waals surface area (Å²) in [5, 5.41) is 6.22. The van der Waals surface area contributed by atoms with Gasteiger partial charge in [0.2, 0.25) is 5.91 Å². The fraction of sp³-hybridized carbons (Fsp3) is 0.333. The Labute approximate surface area is 131 Å². The lowest BCUT2D eigenvalue weighted by Gasteiger charge is -2.23. The molecule has 0 spiro atoms. The van der Waals surface area contributed by atoms with Crippen LogP contribution in [0.25, 0.3) is 0 Å². The summed E-state index contributed by atoms with van der Waals surface area (Å²) in [6, 6.07) is 14.2. The van der Waals surface area contributed by atoms with Gasteiger partial charge in [-0.25, -0.2) is 4.98 Å². The Hall–Kier alpha value is -2.36. The number of aromatic nitrogens is 1. The molecule has 2 aromatic rings. The van der Waals surface area contributed by atoms with Gasteiger partial charge in [0.05, 0.1) is 11.9 Å². The van der Waals surface area contributed by atoms with E-state index in [1.54, 1.807) is 6.20 Å². The van der Waals surface area contributed by atoms with Crippen LogP contribution in [-0.2, 0) is 11.2 Å². The summed E-state index contributed by atoms with van der Waals surface area (Å²) >= 11 is 0. The molecule has 0 atom stereocenters. The van der Waals surface area contributed by atoms with Crippen LogP contribution in [0.4, 0.5) is 11.5 Å². The summed E-state index contributed by atoms with van der Waals surface area (Å²) in [5.74, 6) is 1.15. The molecule has 4 nitrogen and oxygen atoms in total. The van der Waals surface area contributed by atoms with Crippen LogP contribution < -0.4 is 10.6 Å². The summed E-state index contributed by atoms with van der Waals surface area (Å²) in [7, 11) is 0. The second-order valence-corrected chi connectivity index (χ2v) is 5.71. The van der Waals surface area contributed by atoms with Crippen LogP contribution in [0.15, 0.2) is 48.7 Å². The van der Waals surface area contributed by atoms with Crippen molar-refractivity contribution < 1.29 is 4.79 Å². The van der Waals surface area contributed by atoms with Crippen LogP contribution >= 0.6 is 0 Å². The van der Waals surface area contributed by atoms with Gasteiger partial charge in [-0.3, -0.25) is 4.79 Å². The van der Waals surface area contributed by atoms with E-state index in [1.807, 2.05) is 30.3 Å². The molecule has 0 aliphatic heterocycles. The minimum absolute atomic E-state index is 0.123. The molecule has 1 amide bonds. The number of rotatable bonds is 6. The molecule has 1 aromatic carbocycles. The average Bonchev–Trinajstić information content (AvgIpc) is 2.48. The zero-order valence-corrected chi connectivity index (χ0v) is 12.6. The summed E-state index contributed by atoms with van der Waals surface area (Å²) in [6.45, 7) is 0.838. The normalized spacial score (nSPS) is 14.2. The summed E-state index contributed by atoms with van der Waals surface area (Å²) in [5.41, 5.74) is 2.07. The average molecular weight is 295 g/mol. The number of amides is 1. The molecule has 0 radical (unpaired) electrons. The molecule has 0 bridgehead atoms. The van der Waals surface area contributed by atoms with Crippen molar-refractivity contribution in [3.05, 3.63) is 54.2 Å². The van der Waals surface area contributed by atoms with Gasteiger partial charge in [0.15, 0.2) is 0 Å². The highest BCUT2D eigenvalue weighted by molar-refractivity contribution is 5.92. The lowest BCUT2D eigenvalue weighted by atomic mass is 9.85. The van der Waals surface area contributed by atoms with Gasteiger partial charge in [-0.1, -0.05) is 36.8 Å². The van der Waals surface area contributed by atoms with Gasteiger partial charge >= 0.3 is 0 Å². The van der Waals surface area contributed by atoms with Gasteiger partial charge < -0.3 is 10.6 Å². The van der Waals surface area contributed by atoms with E-state index in [4.69, 9.17) is 0 Å². The van der Waals surface area contributed by atoms with E-state index >= 15 is 0 Å². The summed E-state index contributed by atoms with van der Waals surface area (Å²) in [4.78, 5) is 16.2. The van der Waals surface area contributed by atoms with Gasteiger partial charge in [0, 0.05) is 12.5 Å². The van der Waals surface area contributed by atoms with Crippen molar-refractivity contribution in [3.63, 3.8) is 0 Å². The molecule has 22 heavy (non-hydrogen) atoms. The second-order valence-electron chi connectivity index (χ2n) is 5.71. The van der Waals surface area contributed by atoms with E-state index in [0.717, 1.165) is 37.3 Å². The third-order valence-corrected chi connectivity index (χ3v) is 4.07. The van der Waals surface area contributed by atoms with E-state index < -0.39 is 0 Å². The number of carbonyl (C=O) groups excluding carboxylic acids is 1. The Morgan fingerprint density at radius 1 is 1.14 bits per heavy atom. The molecule has 114 valence electrons. The standard InChI is InChI=1S/C18H21N3O/c22-18(15-7-4-8-15)21-16-9-10-17(20-13-16)19-12-11-14-5-2-1-3-6-14/h1-3,5-6,9-10,13,15H,4,7-8,11-12H2,(H,19,20)(H,21,22). The predicted octanol–water partition coefficient (Wildman–Crippen LogP) is 3.47. The quantitative estimate of drug-likeness (QED) is 0.858. The molecule has 1 aliphatic rings. The molecule has 1 fully saturated rings. The smallest absolute Gasteiger partial charge is 0.227 e. The molecule has 2 N–H and O–H groups in total. The Bertz CT molecular complexity index is 606. The molecule has 1 aromatic heterocycles. The number of nitrogens with zero attached hydrogens (tertiary/aromatic N) is 1. The Kier molecular flexibility index (Phi) is 4.68. The number of pyridine rings is 1. The number of anilines is 2. The van der Waals surface area contributed by atoms with Crippen LogP contribution in [-0.4, -0.2) is 17.4 Å². The lowest BCUT2D eigenvalue weighted by Crippen LogP contribution is -2.28. The molecule has 0 unspecified atom stereocenters. The first-order valence-electron chi connectivity index (χ1n) is 7.86. The topological polar surface area (TPSA) is 54.0 Å². The molecular weight excluding hydrogens is 274 g/mol. The Morgan fingerprint density at radius 2 is 1.95 bits per heavy atom. The minimum Gasteiger partial charge on any atom is -0.370 e. The van der Waals surface area contributed by atoms with E-state index in [1.165, 1.54) is 12.0 Å². The first kappa shape index (κ1) is 14.6. The van der Waals surface area contributed by atoms with Gasteiger partial charge in [-0.15, -0.1) is 0 Å². The zero-order chi connectivity index (χ0) is 15.2. The van der Waals surface area contributed by atoms with Crippen LogP contribution in [0.1, 0.15) is 24.8 Å². The second kappa shape index (κ2) is 7.07. The highest BCUT2D eigenvalue weighted by Gasteiger charge is 2.25. The van der Waals surface area contributed by atoms with Crippen molar-refractivity contribution in [3.8, 4) is 0 Å². The lowest BCUT2D eigenvalue weighted by molar-refractivity contribution is -0.122. The maximum Gasteiger partial charge on any atom is 0.227 e. The Balaban J connectivity index is 1.45. The van der Waals surface area contributed by atoms with Crippen LogP contribution in [0.5, 0.6) is 0 Å². The fourth-order valence-electron chi connectivity index (χ4n) is 2.47. The van der Waals surface area contributed by atoms with Crippen LogP contribution in [0.2, 0.25) is 0 Å². The van der Waals surface area contributed by atoms with Crippen LogP contribution in [0, 0.1) is 5.92 Å². The molecule has 1 heterocycles. The van der Waals surface area contributed by atoms with Gasteiger partial charge in [0.1, 0.15) is 5.82 Å². The van der Waals surface area contributed by atoms with Crippen molar-refractivity contribution in [2.45, 2.75) is 25.7 Å². The number of hydrogen-bond donors (Lipinski definition) is 2. The first-order chi connectivity index (χ1) is 10.8. The number of hydrogen-bond acceptors (Lipinski definition) is 3. The minimum atomic E-state index is 0.123. The van der Waals surface area contributed by atoms with Crippen molar-refractivity contribution in [2.24, 2.45) is 5.92 Å². The van der Waals surface area contributed by atoms with Gasteiger partial charge in [-0.2, -0.15) is 0 Å². The van der Waals surface area contributed by atoms with Crippen molar-refractivity contribution >= 4 is 17.4 Å². The summed E-state index contributed by atoms with van der Waals surface area (Å²) in [6.07, 6.45) is 5.86. The van der Waals surface area contributed by atoms with E-state index in [-0.39, 0.29) is 11.8 Å². The molecular formula is C18H21N3O. The predicted molar refractivity (Wildman–Crippen MR) is 88.8 cm³/mol. The van der Waals surface area contributed by atoms with Gasteiger partial charge in [0.25, 0.3) is 0 Å². The van der Waals surface area contributed by atoms with Gasteiger partial charge in [-0.05, 0) is 37.0 Å². The number of carbonyl (C=O) groups is 1. The van der Waals surface area contributed by atoms with E-state index in [0.29, 0.717) is 0 Å².